The van der Waals surface area contributed by atoms with E-state index < -0.39 is 16.6 Å². The number of carbonyl (C=O) groups excluding carboxylic acids is 1. The number of allylic oxidation sites excluding steroid dienone is 1. The number of hydrogen-bond acceptors (Lipinski definition) is 6. The van der Waals surface area contributed by atoms with Crippen molar-refractivity contribution >= 4 is 34.2 Å². The van der Waals surface area contributed by atoms with Crippen LogP contribution >= 0.6 is 11.6 Å². The topological polar surface area (TPSA) is 99.1 Å². The summed E-state index contributed by atoms with van der Waals surface area (Å²) in [6, 6.07) is 11.6. The molecule has 1 fully saturated rings. The molecular weight excluding hydrogens is 596 g/mol. The van der Waals surface area contributed by atoms with Crippen LogP contribution in [0.3, 0.4) is 0 Å². The van der Waals surface area contributed by atoms with Gasteiger partial charge in [0, 0.05) is 35.0 Å². The van der Waals surface area contributed by atoms with Crippen LogP contribution in [0.4, 0.5) is 5.69 Å². The molecule has 1 saturated carbocycles. The molecule has 1 spiro atoms. The minimum Gasteiger partial charge on any atom is -0.490 e. The molecule has 6 rings (SSSR count). The maximum Gasteiger partial charge on any atom is 0.263 e. The standard InChI is InChI=1S/C35H41ClN2O5S/c1-23-6-3-15-35(41,16-5-17-39)30-11-8-27(30)20-38-21-34(14-4-7-25-18-28(36)10-12-29(25)34)22-43-32-13-9-26(19-31(32)38)33(40)37-44(42)24(23)2/h3,9-10,12-13,15,18-19,23-24,27,30,39,41H,4,6-8,11,14,17,20-22H2,1-2H3,(H,37,40)/b15-3+/t23?,24?,27?,30?,34-,35-,44?/m0/s1. The molecule has 7 atom stereocenters. The maximum atomic E-state index is 13.4. The molecule has 7 nitrogen and oxygen atoms in total. The van der Waals surface area contributed by atoms with Crippen molar-refractivity contribution in [3.63, 3.8) is 0 Å². The normalized spacial score (nSPS) is 34.2. The molecule has 234 valence electrons. The summed E-state index contributed by atoms with van der Waals surface area (Å²) in [6.45, 7) is 5.34. The van der Waals surface area contributed by atoms with Crippen molar-refractivity contribution in [1.29, 1.82) is 0 Å². The highest BCUT2D eigenvalue weighted by molar-refractivity contribution is 7.84. The van der Waals surface area contributed by atoms with Gasteiger partial charge in [-0.25, -0.2) is 4.21 Å². The number of carbonyl (C=O) groups is 1. The number of fused-ring (bicyclic) bond motifs is 4. The Kier molecular flexibility index (Phi) is 8.87. The van der Waals surface area contributed by atoms with Crippen LogP contribution in [0.1, 0.15) is 67.4 Å². The molecule has 5 unspecified atom stereocenters. The summed E-state index contributed by atoms with van der Waals surface area (Å²) in [7, 11) is -1.61. The van der Waals surface area contributed by atoms with Crippen molar-refractivity contribution < 1.29 is 24.0 Å². The van der Waals surface area contributed by atoms with Gasteiger partial charge in [0.15, 0.2) is 0 Å². The fourth-order valence-electron chi connectivity index (χ4n) is 7.45. The van der Waals surface area contributed by atoms with E-state index in [9.17, 15) is 19.2 Å². The molecule has 1 amide bonds. The fraction of sp³-hybridized carbons (Fsp3) is 0.514. The smallest absolute Gasteiger partial charge is 0.263 e. The predicted octanol–water partition coefficient (Wildman–Crippen LogP) is 4.94. The number of hydrogen-bond donors (Lipinski definition) is 3. The van der Waals surface area contributed by atoms with Crippen molar-refractivity contribution in [3.8, 4) is 17.6 Å². The Balaban J connectivity index is 1.44. The largest absolute Gasteiger partial charge is 0.490 e. The van der Waals surface area contributed by atoms with E-state index in [0.717, 1.165) is 42.8 Å². The van der Waals surface area contributed by atoms with E-state index in [1.54, 1.807) is 12.1 Å². The Labute approximate surface area is 267 Å². The first kappa shape index (κ1) is 31.2. The number of halogens is 1. The van der Waals surface area contributed by atoms with Gasteiger partial charge in [0.2, 0.25) is 0 Å². The van der Waals surface area contributed by atoms with E-state index in [-0.39, 0.29) is 40.9 Å². The minimum atomic E-state index is -1.61. The van der Waals surface area contributed by atoms with Gasteiger partial charge in [0.1, 0.15) is 28.9 Å². The van der Waals surface area contributed by atoms with Crippen LogP contribution in [0.2, 0.25) is 5.02 Å². The van der Waals surface area contributed by atoms with Gasteiger partial charge in [-0.3, -0.25) is 9.52 Å². The number of nitrogens with zero attached hydrogens (tertiary/aromatic N) is 1. The molecular formula is C35H41ClN2O5S. The second kappa shape index (κ2) is 12.5. The van der Waals surface area contributed by atoms with Crippen LogP contribution in [0.5, 0.6) is 5.75 Å². The molecule has 2 aromatic carbocycles. The molecule has 0 aromatic heterocycles. The highest BCUT2D eigenvalue weighted by Crippen LogP contribution is 2.48. The lowest BCUT2D eigenvalue weighted by molar-refractivity contribution is -0.00332. The molecule has 3 N–H and O–H groups in total. The second-order valence-electron chi connectivity index (χ2n) is 13.1. The Hall–Kier alpha value is -2.83. The Morgan fingerprint density at radius 2 is 2.05 bits per heavy atom. The Morgan fingerprint density at radius 3 is 2.82 bits per heavy atom. The molecule has 2 aliphatic carbocycles. The Bertz CT molecular complexity index is 1550. The zero-order chi connectivity index (χ0) is 31.1. The number of benzene rings is 2. The number of aryl methyl sites for hydroxylation is 1. The second-order valence-corrected chi connectivity index (χ2v) is 15.0. The number of amides is 1. The number of aliphatic hydroxyl groups is 2. The summed E-state index contributed by atoms with van der Waals surface area (Å²) in [5, 5.41) is 21.8. The lowest BCUT2D eigenvalue weighted by Gasteiger charge is -2.47. The Morgan fingerprint density at radius 1 is 1.20 bits per heavy atom. The van der Waals surface area contributed by atoms with Crippen LogP contribution in [0.15, 0.2) is 48.6 Å². The molecule has 0 radical (unpaired) electrons. The molecule has 4 aliphatic rings. The van der Waals surface area contributed by atoms with E-state index >= 15 is 0 Å². The summed E-state index contributed by atoms with van der Waals surface area (Å²) in [4.78, 5) is 15.7. The zero-order valence-electron chi connectivity index (χ0n) is 25.4. The lowest BCUT2D eigenvalue weighted by Crippen LogP contribution is -2.52. The monoisotopic (exact) mass is 636 g/mol. The van der Waals surface area contributed by atoms with E-state index in [4.69, 9.17) is 16.3 Å². The van der Waals surface area contributed by atoms with Gasteiger partial charge in [0.25, 0.3) is 5.91 Å². The lowest BCUT2D eigenvalue weighted by atomic mass is 9.64. The van der Waals surface area contributed by atoms with Gasteiger partial charge >= 0.3 is 0 Å². The third-order valence-electron chi connectivity index (χ3n) is 10.3. The molecule has 44 heavy (non-hydrogen) atoms. The third-order valence-corrected chi connectivity index (χ3v) is 12.1. The average molecular weight is 637 g/mol. The third kappa shape index (κ3) is 5.92. The van der Waals surface area contributed by atoms with Crippen molar-refractivity contribution in [2.45, 2.75) is 68.6 Å². The SMILES string of the molecule is CC1C/C=C/[C@](O)(C#CCO)C2CCC2CN2C[C@@]3(CCCc4cc(Cl)ccc43)COc3ccc(cc32)C(=O)NS(=O)C1C. The molecule has 0 saturated heterocycles. The van der Waals surface area contributed by atoms with E-state index in [1.807, 2.05) is 38.1 Å². The quantitative estimate of drug-likeness (QED) is 0.280. The predicted molar refractivity (Wildman–Crippen MR) is 174 cm³/mol. The van der Waals surface area contributed by atoms with Crippen LogP contribution < -0.4 is 14.4 Å². The summed E-state index contributed by atoms with van der Waals surface area (Å²) in [5.74, 6) is 5.99. The molecule has 2 heterocycles. The molecule has 2 bridgehead atoms. The molecule has 2 aliphatic heterocycles. The van der Waals surface area contributed by atoms with Gasteiger partial charge in [-0.1, -0.05) is 42.5 Å². The van der Waals surface area contributed by atoms with E-state index in [2.05, 4.69) is 33.6 Å². The van der Waals surface area contributed by atoms with Crippen LogP contribution in [-0.2, 0) is 22.8 Å². The van der Waals surface area contributed by atoms with Crippen LogP contribution in [0.25, 0.3) is 0 Å². The van der Waals surface area contributed by atoms with Crippen molar-refractivity contribution in [2.24, 2.45) is 17.8 Å². The van der Waals surface area contributed by atoms with Crippen LogP contribution in [0, 0.1) is 29.6 Å². The molecule has 9 heteroatoms. The van der Waals surface area contributed by atoms with Gasteiger partial charge in [-0.05, 0) is 105 Å². The van der Waals surface area contributed by atoms with Crippen molar-refractivity contribution in [2.75, 3.05) is 31.2 Å². The number of aliphatic hydroxyl groups excluding tert-OH is 1. The average Bonchev–Trinajstić information content (AvgIpc) is 3.14. The van der Waals surface area contributed by atoms with E-state index in [0.29, 0.717) is 37.4 Å². The van der Waals surface area contributed by atoms with Gasteiger partial charge < -0.3 is 19.8 Å². The van der Waals surface area contributed by atoms with Crippen molar-refractivity contribution in [1.82, 2.24) is 4.72 Å². The summed E-state index contributed by atoms with van der Waals surface area (Å²) >= 11 is 6.41. The number of ether oxygens (including phenoxy) is 1. The first-order valence-corrected chi connectivity index (χ1v) is 17.2. The van der Waals surface area contributed by atoms with Gasteiger partial charge in [-0.2, -0.15) is 0 Å². The highest BCUT2D eigenvalue weighted by atomic mass is 35.5. The van der Waals surface area contributed by atoms with Gasteiger partial charge in [0.05, 0.1) is 17.5 Å². The first-order chi connectivity index (χ1) is 21.1. The highest BCUT2D eigenvalue weighted by Gasteiger charge is 2.47. The summed E-state index contributed by atoms with van der Waals surface area (Å²) in [6.07, 6.45) is 8.93. The summed E-state index contributed by atoms with van der Waals surface area (Å²) in [5.41, 5.74) is 2.08. The molecule has 2 aromatic rings. The number of nitrogens with one attached hydrogen (secondary N) is 1. The van der Waals surface area contributed by atoms with E-state index in [1.165, 1.54) is 11.1 Å². The minimum absolute atomic E-state index is 0.0205. The first-order valence-electron chi connectivity index (χ1n) is 15.7. The van der Waals surface area contributed by atoms with Crippen LogP contribution in [-0.4, -0.2) is 57.5 Å². The summed E-state index contributed by atoms with van der Waals surface area (Å²) < 4.78 is 22.5. The zero-order valence-corrected chi connectivity index (χ0v) is 26.9. The fourth-order valence-corrected chi connectivity index (χ4v) is 8.67. The maximum absolute atomic E-state index is 13.4. The number of rotatable bonds is 0. The number of anilines is 1. The van der Waals surface area contributed by atoms with Crippen molar-refractivity contribution in [3.05, 3.63) is 70.3 Å². The van der Waals surface area contributed by atoms with Gasteiger partial charge in [-0.15, -0.1) is 0 Å².